The molecule has 0 atom stereocenters. The van der Waals surface area contributed by atoms with Gasteiger partial charge in [-0.1, -0.05) is 29.0 Å². The molecule has 0 saturated carbocycles. The number of hydrogen-bond acceptors (Lipinski definition) is 4. The number of nitrogens with one attached hydrogen (secondary N) is 1. The summed E-state index contributed by atoms with van der Waals surface area (Å²) in [5, 5.41) is 12.3. The molecule has 0 aliphatic carbocycles. The molecule has 0 aliphatic heterocycles. The first-order valence-electron chi connectivity index (χ1n) is 4.17. The van der Waals surface area contributed by atoms with Crippen LogP contribution in [0.15, 0.2) is 22.1 Å². The zero-order valence-electron chi connectivity index (χ0n) is 7.79. The van der Waals surface area contributed by atoms with E-state index in [4.69, 9.17) is 11.6 Å². The summed E-state index contributed by atoms with van der Waals surface area (Å²) in [6, 6.07) is 5.79. The summed E-state index contributed by atoms with van der Waals surface area (Å²) in [5.41, 5.74) is 1.99. The van der Waals surface area contributed by atoms with E-state index in [-0.39, 0.29) is 0 Å². The van der Waals surface area contributed by atoms with Gasteiger partial charge in [0.05, 0.1) is 10.7 Å². The van der Waals surface area contributed by atoms with Crippen molar-refractivity contribution in [1.29, 1.82) is 0 Å². The second kappa shape index (κ2) is 4.47. The van der Waals surface area contributed by atoms with Crippen molar-refractivity contribution >= 4 is 49.7 Å². The number of nitrogens with zero attached hydrogens (tertiary/aromatic N) is 2. The van der Waals surface area contributed by atoms with Crippen LogP contribution in [0.1, 0.15) is 5.56 Å². The van der Waals surface area contributed by atoms with Crippen LogP contribution in [0.2, 0.25) is 5.02 Å². The molecular formula is C9H7BrClN3S. The minimum Gasteiger partial charge on any atom is -0.329 e. The summed E-state index contributed by atoms with van der Waals surface area (Å²) in [6.45, 7) is 2.01. The Morgan fingerprint density at radius 3 is 2.87 bits per heavy atom. The number of aryl methyl sites for hydroxylation is 1. The second-order valence-electron chi connectivity index (χ2n) is 2.97. The predicted octanol–water partition coefficient (Wildman–Crippen LogP) is 4.01. The highest BCUT2D eigenvalue weighted by molar-refractivity contribution is 9.11. The van der Waals surface area contributed by atoms with Crippen molar-refractivity contribution < 1.29 is 0 Å². The molecule has 0 spiro atoms. The Labute approximate surface area is 105 Å². The molecule has 2 rings (SSSR count). The molecule has 0 fully saturated rings. The summed E-state index contributed by atoms with van der Waals surface area (Å²) < 4.78 is 0.744. The number of benzene rings is 1. The van der Waals surface area contributed by atoms with Crippen molar-refractivity contribution in [2.45, 2.75) is 6.92 Å². The molecule has 0 saturated heterocycles. The lowest BCUT2D eigenvalue weighted by atomic mass is 10.2. The van der Waals surface area contributed by atoms with E-state index in [1.165, 1.54) is 11.3 Å². The van der Waals surface area contributed by atoms with E-state index < -0.39 is 0 Å². The molecule has 15 heavy (non-hydrogen) atoms. The van der Waals surface area contributed by atoms with E-state index in [9.17, 15) is 0 Å². The number of hydrogen-bond donors (Lipinski definition) is 1. The molecule has 1 aromatic carbocycles. The second-order valence-corrected chi connectivity index (χ2v) is 5.63. The Kier molecular flexibility index (Phi) is 3.23. The van der Waals surface area contributed by atoms with Gasteiger partial charge in [0, 0.05) is 0 Å². The average Bonchev–Trinajstić information content (AvgIpc) is 2.58. The van der Waals surface area contributed by atoms with Crippen LogP contribution in [-0.2, 0) is 0 Å². The van der Waals surface area contributed by atoms with Crippen molar-refractivity contribution in [3.05, 3.63) is 32.7 Å². The SMILES string of the molecule is Cc1ccc(Cl)c(Nc2nnc(Br)s2)c1. The number of rotatable bonds is 2. The third-order valence-electron chi connectivity index (χ3n) is 1.76. The Morgan fingerprint density at radius 1 is 1.40 bits per heavy atom. The Hall–Kier alpha value is -0.650. The molecule has 1 heterocycles. The maximum Gasteiger partial charge on any atom is 0.210 e. The Bertz CT molecular complexity index is 486. The summed E-state index contributed by atoms with van der Waals surface area (Å²) >= 11 is 10.7. The Morgan fingerprint density at radius 2 is 2.20 bits per heavy atom. The van der Waals surface area contributed by atoms with Gasteiger partial charge in [0.1, 0.15) is 0 Å². The van der Waals surface area contributed by atoms with Crippen molar-refractivity contribution in [2.24, 2.45) is 0 Å². The minimum absolute atomic E-state index is 0.673. The van der Waals surface area contributed by atoms with Gasteiger partial charge in [0.25, 0.3) is 0 Å². The third kappa shape index (κ3) is 2.68. The van der Waals surface area contributed by atoms with Crippen LogP contribution in [0.3, 0.4) is 0 Å². The summed E-state index contributed by atoms with van der Waals surface area (Å²) in [7, 11) is 0. The molecule has 78 valence electrons. The largest absolute Gasteiger partial charge is 0.329 e. The molecule has 0 amide bonds. The van der Waals surface area contributed by atoms with Crippen LogP contribution in [0, 0.1) is 6.92 Å². The molecule has 0 aliphatic rings. The lowest BCUT2D eigenvalue weighted by Crippen LogP contribution is -1.91. The fourth-order valence-corrected chi connectivity index (χ4v) is 2.29. The molecule has 2 aromatic rings. The van der Waals surface area contributed by atoms with Crippen LogP contribution in [0.4, 0.5) is 10.8 Å². The zero-order chi connectivity index (χ0) is 10.8. The molecule has 1 aromatic heterocycles. The smallest absolute Gasteiger partial charge is 0.210 e. The van der Waals surface area contributed by atoms with E-state index in [1.54, 1.807) is 0 Å². The highest BCUT2D eigenvalue weighted by atomic mass is 79.9. The van der Waals surface area contributed by atoms with Gasteiger partial charge in [0.2, 0.25) is 5.13 Å². The summed E-state index contributed by atoms with van der Waals surface area (Å²) in [6.07, 6.45) is 0. The number of halogens is 2. The maximum absolute atomic E-state index is 6.04. The normalized spacial score (nSPS) is 10.3. The van der Waals surface area contributed by atoms with Crippen LogP contribution in [-0.4, -0.2) is 10.2 Å². The van der Waals surface area contributed by atoms with Gasteiger partial charge in [-0.25, -0.2) is 0 Å². The highest BCUT2D eigenvalue weighted by Crippen LogP contribution is 2.29. The fourth-order valence-electron chi connectivity index (χ4n) is 1.11. The average molecular weight is 305 g/mol. The van der Waals surface area contributed by atoms with Gasteiger partial charge < -0.3 is 5.32 Å². The van der Waals surface area contributed by atoms with E-state index in [0.29, 0.717) is 5.02 Å². The Balaban J connectivity index is 2.27. The number of anilines is 2. The van der Waals surface area contributed by atoms with Crippen LogP contribution < -0.4 is 5.32 Å². The predicted molar refractivity (Wildman–Crippen MR) is 67.1 cm³/mol. The third-order valence-corrected chi connectivity index (χ3v) is 3.36. The zero-order valence-corrected chi connectivity index (χ0v) is 10.9. The quantitative estimate of drug-likeness (QED) is 0.911. The van der Waals surface area contributed by atoms with Gasteiger partial charge in [-0.05, 0) is 40.5 Å². The molecule has 3 nitrogen and oxygen atoms in total. The molecule has 1 N–H and O–H groups in total. The van der Waals surface area contributed by atoms with E-state index in [2.05, 4.69) is 31.4 Å². The van der Waals surface area contributed by atoms with E-state index in [1.807, 2.05) is 25.1 Å². The molecule has 0 radical (unpaired) electrons. The lowest BCUT2D eigenvalue weighted by Gasteiger charge is -2.05. The standard InChI is InChI=1S/C9H7BrClN3S/c1-5-2-3-6(11)7(4-5)12-9-14-13-8(10)15-9/h2-4H,1H3,(H,12,14). The van der Waals surface area contributed by atoms with Crippen LogP contribution in [0.5, 0.6) is 0 Å². The first-order valence-corrected chi connectivity index (χ1v) is 6.16. The topological polar surface area (TPSA) is 37.8 Å². The van der Waals surface area contributed by atoms with Crippen molar-refractivity contribution in [3.63, 3.8) is 0 Å². The molecule has 6 heteroatoms. The number of aromatic nitrogens is 2. The van der Waals surface area contributed by atoms with Gasteiger partial charge in [-0.2, -0.15) is 0 Å². The van der Waals surface area contributed by atoms with Crippen molar-refractivity contribution in [1.82, 2.24) is 10.2 Å². The first kappa shape index (κ1) is 10.9. The summed E-state index contributed by atoms with van der Waals surface area (Å²) in [4.78, 5) is 0. The fraction of sp³-hybridized carbons (Fsp3) is 0.111. The van der Waals surface area contributed by atoms with Crippen molar-refractivity contribution in [2.75, 3.05) is 5.32 Å². The van der Waals surface area contributed by atoms with E-state index in [0.717, 1.165) is 20.3 Å². The molecule has 0 bridgehead atoms. The minimum atomic E-state index is 0.673. The lowest BCUT2D eigenvalue weighted by molar-refractivity contribution is 1.07. The van der Waals surface area contributed by atoms with Gasteiger partial charge in [-0.15, -0.1) is 10.2 Å². The highest BCUT2D eigenvalue weighted by Gasteiger charge is 2.04. The van der Waals surface area contributed by atoms with Crippen LogP contribution in [0.25, 0.3) is 0 Å². The van der Waals surface area contributed by atoms with Gasteiger partial charge >= 0.3 is 0 Å². The first-order chi connectivity index (χ1) is 7.15. The molecular weight excluding hydrogens is 298 g/mol. The van der Waals surface area contributed by atoms with Gasteiger partial charge in [0.15, 0.2) is 3.92 Å². The molecule has 0 unspecified atom stereocenters. The maximum atomic E-state index is 6.04. The van der Waals surface area contributed by atoms with E-state index >= 15 is 0 Å². The summed E-state index contributed by atoms with van der Waals surface area (Å²) in [5.74, 6) is 0. The monoisotopic (exact) mass is 303 g/mol. The van der Waals surface area contributed by atoms with Gasteiger partial charge in [-0.3, -0.25) is 0 Å². The van der Waals surface area contributed by atoms with Crippen LogP contribution >= 0.6 is 38.9 Å². The van der Waals surface area contributed by atoms with Crippen molar-refractivity contribution in [3.8, 4) is 0 Å².